The first-order chi connectivity index (χ1) is 20.0. The maximum Gasteiger partial charge on any atom is 0.416 e. The number of rotatable bonds is 10. The average molecular weight is 652 g/mol. The highest BCUT2D eigenvalue weighted by atomic mass is 32.2. The average Bonchev–Trinajstić information content (AvgIpc) is 3.29. The minimum atomic E-state index is -4.53. The van der Waals surface area contributed by atoms with Crippen LogP contribution in [0.2, 0.25) is 0 Å². The molecule has 1 amide bonds. The molecule has 2 saturated heterocycles. The number of halogens is 5. The molecule has 1 unspecified atom stereocenters. The Balaban J connectivity index is 1.56. The first-order valence-electron chi connectivity index (χ1n) is 13.2. The van der Waals surface area contributed by atoms with Crippen LogP contribution in [0.15, 0.2) is 65.4 Å². The molecule has 2 heterocycles. The second-order valence-electron chi connectivity index (χ2n) is 10.3. The molecule has 2 atom stereocenters. The molecule has 2 aliphatic heterocycles. The Hall–Kier alpha value is -2.92. The fourth-order valence-electron chi connectivity index (χ4n) is 4.92. The van der Waals surface area contributed by atoms with Gasteiger partial charge in [0, 0.05) is 31.6 Å². The van der Waals surface area contributed by atoms with Crippen LogP contribution in [0.1, 0.15) is 22.6 Å². The maximum atomic E-state index is 14.6. The summed E-state index contributed by atoms with van der Waals surface area (Å²) in [5, 5.41) is 0.560. The van der Waals surface area contributed by atoms with Crippen LogP contribution >= 0.6 is 0 Å². The predicted octanol–water partition coefficient (Wildman–Crippen LogP) is 3.21. The van der Waals surface area contributed by atoms with Gasteiger partial charge in [-0.15, -0.1) is 0 Å². The molecule has 1 N–H and O–H groups in total. The summed E-state index contributed by atoms with van der Waals surface area (Å²) in [7, 11) is -8.42. The number of nitrogens with zero attached hydrogens (tertiary/aromatic N) is 2. The van der Waals surface area contributed by atoms with E-state index in [1.807, 2.05) is 4.72 Å². The van der Waals surface area contributed by atoms with Gasteiger partial charge in [0.1, 0.15) is 0 Å². The summed E-state index contributed by atoms with van der Waals surface area (Å²) in [6.45, 7) is 1.85. The van der Waals surface area contributed by atoms with Crippen LogP contribution in [0.25, 0.3) is 0 Å². The molecule has 0 saturated carbocycles. The first kappa shape index (κ1) is 33.0. The van der Waals surface area contributed by atoms with Crippen LogP contribution in [0.4, 0.5) is 22.0 Å². The summed E-state index contributed by atoms with van der Waals surface area (Å²) in [6.07, 6.45) is -4.50. The molecular weight excluding hydrogens is 621 g/mol. The van der Waals surface area contributed by atoms with E-state index in [1.165, 1.54) is 36.4 Å². The van der Waals surface area contributed by atoms with Crippen molar-refractivity contribution in [2.75, 3.05) is 45.9 Å². The molecule has 236 valence electrons. The smallest absolute Gasteiger partial charge is 0.378 e. The monoisotopic (exact) mass is 651 g/mol. The van der Waals surface area contributed by atoms with E-state index >= 15 is 0 Å². The lowest BCUT2D eigenvalue weighted by atomic mass is 9.90. The highest BCUT2D eigenvalue weighted by Crippen LogP contribution is 2.36. The number of carbonyl (C=O) groups is 1. The van der Waals surface area contributed by atoms with Crippen LogP contribution < -0.4 is 4.72 Å². The maximum absolute atomic E-state index is 14.6. The normalized spacial score (nSPS) is 20.6. The zero-order valence-corrected chi connectivity index (χ0v) is 24.4. The van der Waals surface area contributed by atoms with Crippen LogP contribution in [0, 0.1) is 5.92 Å². The summed E-state index contributed by atoms with van der Waals surface area (Å²) in [6, 6.07) is 9.52. The summed E-state index contributed by atoms with van der Waals surface area (Å²) >= 11 is 0. The molecule has 2 fully saturated rings. The Morgan fingerprint density at radius 2 is 1.65 bits per heavy atom. The molecule has 2 aromatic rings. The molecule has 0 radical (unpaired) electrons. The first-order valence-corrected chi connectivity index (χ1v) is 16.1. The third-order valence-corrected chi connectivity index (χ3v) is 10.3. The number of amides is 1. The molecule has 0 aromatic heterocycles. The second-order valence-corrected chi connectivity index (χ2v) is 13.9. The van der Waals surface area contributed by atoms with Crippen molar-refractivity contribution in [2.45, 2.75) is 29.3 Å². The van der Waals surface area contributed by atoms with Gasteiger partial charge in [-0.25, -0.2) is 30.3 Å². The van der Waals surface area contributed by atoms with Gasteiger partial charge < -0.3 is 9.64 Å². The van der Waals surface area contributed by atoms with Gasteiger partial charge in [-0.2, -0.15) is 17.5 Å². The lowest BCUT2D eigenvalue weighted by Crippen LogP contribution is -2.43. The minimum absolute atomic E-state index is 0.0288. The van der Waals surface area contributed by atoms with Gasteiger partial charge in [-0.1, -0.05) is 30.8 Å². The van der Waals surface area contributed by atoms with E-state index in [2.05, 4.69) is 6.58 Å². The van der Waals surface area contributed by atoms with Crippen LogP contribution in [0.5, 0.6) is 0 Å². The SMILES string of the molecule is C=CS(=O)(=O)NC[C@H]1CN(S(=O)(=O)c2ccc(C(Cc3ccc(C(F)(F)F)cc3)C(=O)N3CCOCC3)cc2)CC1(F)F. The number of hydrogen-bond donors (Lipinski definition) is 1. The fraction of sp³-hybridized carbons (Fsp3) is 0.444. The van der Waals surface area contributed by atoms with Gasteiger partial charge in [0.15, 0.2) is 0 Å². The Morgan fingerprint density at radius 1 is 1.05 bits per heavy atom. The topological polar surface area (TPSA) is 113 Å². The molecule has 2 aromatic carbocycles. The zero-order chi connectivity index (χ0) is 31.6. The van der Waals surface area contributed by atoms with Crippen molar-refractivity contribution >= 4 is 26.0 Å². The van der Waals surface area contributed by atoms with E-state index in [4.69, 9.17) is 4.74 Å². The van der Waals surface area contributed by atoms with Gasteiger partial charge in [0.05, 0.1) is 42.1 Å². The van der Waals surface area contributed by atoms with Crippen molar-refractivity contribution in [3.8, 4) is 0 Å². The number of hydrogen-bond acceptors (Lipinski definition) is 6. The molecule has 0 bridgehead atoms. The minimum Gasteiger partial charge on any atom is -0.378 e. The molecule has 4 rings (SSSR count). The lowest BCUT2D eigenvalue weighted by molar-refractivity contribution is -0.138. The second kappa shape index (κ2) is 12.6. The van der Waals surface area contributed by atoms with E-state index in [-0.39, 0.29) is 17.2 Å². The van der Waals surface area contributed by atoms with Crippen molar-refractivity contribution in [3.63, 3.8) is 0 Å². The summed E-state index contributed by atoms with van der Waals surface area (Å²) < 4.78 is 126. The number of sulfonamides is 2. The van der Waals surface area contributed by atoms with Crippen LogP contribution in [-0.2, 0) is 42.2 Å². The van der Waals surface area contributed by atoms with E-state index in [9.17, 15) is 43.6 Å². The van der Waals surface area contributed by atoms with Crippen LogP contribution in [-0.4, -0.2) is 83.8 Å². The zero-order valence-electron chi connectivity index (χ0n) is 22.8. The molecular formula is C27H30F5N3O6S2. The molecule has 0 aliphatic carbocycles. The van der Waals surface area contributed by atoms with E-state index < -0.39 is 69.2 Å². The van der Waals surface area contributed by atoms with E-state index in [0.717, 1.165) is 12.1 Å². The van der Waals surface area contributed by atoms with Crippen LogP contribution in [0.3, 0.4) is 0 Å². The third kappa shape index (κ3) is 7.78. The van der Waals surface area contributed by atoms with Gasteiger partial charge in [0.25, 0.3) is 5.92 Å². The highest BCUT2D eigenvalue weighted by Gasteiger charge is 2.51. The number of ether oxygens (including phenoxy) is 1. The molecule has 0 spiro atoms. The Labute approximate surface area is 246 Å². The Morgan fingerprint density at radius 3 is 2.21 bits per heavy atom. The standard InChI is InChI=1S/C27H30F5N3O6S2/c1-2-42(37,38)33-16-22-17-35(18-26(22,28)29)43(39,40)23-9-5-20(6-10-23)24(25(36)34-11-13-41-14-12-34)15-19-3-7-21(8-4-19)27(30,31)32/h2-10,22,24,33H,1,11-18H2/t22-,24?/m0/s1. The van der Waals surface area contributed by atoms with Crippen molar-refractivity contribution < 1.29 is 48.3 Å². The van der Waals surface area contributed by atoms with E-state index in [0.29, 0.717) is 47.1 Å². The number of alkyl halides is 5. The number of carbonyl (C=O) groups excluding carboxylic acids is 1. The van der Waals surface area contributed by atoms with Crippen molar-refractivity contribution in [2.24, 2.45) is 5.92 Å². The summed E-state index contributed by atoms with van der Waals surface area (Å²) in [4.78, 5) is 14.8. The van der Waals surface area contributed by atoms with Gasteiger partial charge >= 0.3 is 6.18 Å². The van der Waals surface area contributed by atoms with Gasteiger partial charge in [-0.05, 0) is 41.8 Å². The van der Waals surface area contributed by atoms with E-state index in [1.54, 1.807) is 4.90 Å². The highest BCUT2D eigenvalue weighted by molar-refractivity contribution is 7.92. The largest absolute Gasteiger partial charge is 0.416 e. The quantitative estimate of drug-likeness (QED) is 0.395. The molecule has 43 heavy (non-hydrogen) atoms. The Bertz CT molecular complexity index is 1530. The number of nitrogens with one attached hydrogen (secondary N) is 1. The molecule has 2 aliphatic rings. The summed E-state index contributed by atoms with van der Waals surface area (Å²) in [5.74, 6) is -6.31. The lowest BCUT2D eigenvalue weighted by Gasteiger charge is -2.31. The predicted molar refractivity (Wildman–Crippen MR) is 146 cm³/mol. The van der Waals surface area contributed by atoms with Crippen molar-refractivity contribution in [3.05, 3.63) is 77.2 Å². The third-order valence-electron chi connectivity index (χ3n) is 7.42. The van der Waals surface area contributed by atoms with Gasteiger partial charge in [-0.3, -0.25) is 4.79 Å². The Kier molecular flexibility index (Phi) is 9.66. The molecule has 9 nitrogen and oxygen atoms in total. The number of morpholine rings is 1. The van der Waals surface area contributed by atoms with Gasteiger partial charge in [0.2, 0.25) is 26.0 Å². The summed E-state index contributed by atoms with van der Waals surface area (Å²) in [5.41, 5.74) is 0.00207. The molecule has 16 heteroatoms. The van der Waals surface area contributed by atoms with Crippen molar-refractivity contribution in [1.82, 2.24) is 13.9 Å². The number of benzene rings is 2. The van der Waals surface area contributed by atoms with Crippen molar-refractivity contribution in [1.29, 1.82) is 0 Å². The fourth-order valence-corrected chi connectivity index (χ4v) is 6.97.